The van der Waals surface area contributed by atoms with Gasteiger partial charge in [-0.05, 0) is 47.9 Å². The number of nitrogens with zero attached hydrogens (tertiary/aromatic N) is 2. The summed E-state index contributed by atoms with van der Waals surface area (Å²) in [5.41, 5.74) is 4.02. The lowest BCUT2D eigenvalue weighted by atomic mass is 9.94. The molecule has 162 valence electrons. The van der Waals surface area contributed by atoms with Gasteiger partial charge in [-0.25, -0.2) is 0 Å². The lowest BCUT2D eigenvalue weighted by Gasteiger charge is -2.24. The first-order valence-electron chi connectivity index (χ1n) is 9.89. The highest BCUT2D eigenvalue weighted by Crippen LogP contribution is 2.26. The normalized spacial score (nSPS) is 12.4. The van der Waals surface area contributed by atoms with E-state index in [4.69, 9.17) is 0 Å². The Morgan fingerprint density at radius 2 is 1.42 bits per heavy atom. The van der Waals surface area contributed by atoms with Crippen LogP contribution in [-0.4, -0.2) is 39.8 Å². The van der Waals surface area contributed by atoms with Gasteiger partial charge in [0.15, 0.2) is 0 Å². The van der Waals surface area contributed by atoms with Crippen LogP contribution in [0.15, 0.2) is 78.9 Å². The van der Waals surface area contributed by atoms with Gasteiger partial charge in [0.25, 0.3) is 5.91 Å². The zero-order valence-corrected chi connectivity index (χ0v) is 18.9. The quantitative estimate of drug-likeness (QED) is 0.612. The molecule has 3 rings (SSSR count). The summed E-state index contributed by atoms with van der Waals surface area (Å²) in [5, 5.41) is 3.12. The van der Waals surface area contributed by atoms with Gasteiger partial charge >= 0.3 is 10.2 Å². The molecule has 3 aromatic rings. The number of anilines is 1. The second kappa shape index (κ2) is 9.32. The summed E-state index contributed by atoms with van der Waals surface area (Å²) < 4.78 is 26.9. The molecular formula is C24H27N3O3S. The molecule has 0 fully saturated rings. The molecule has 0 aliphatic heterocycles. The minimum absolute atomic E-state index is 0.234. The van der Waals surface area contributed by atoms with Gasteiger partial charge in [-0.3, -0.25) is 9.10 Å². The number of rotatable bonds is 7. The van der Waals surface area contributed by atoms with Crippen LogP contribution >= 0.6 is 0 Å². The highest BCUT2D eigenvalue weighted by molar-refractivity contribution is 7.90. The Morgan fingerprint density at radius 3 is 2.00 bits per heavy atom. The minimum atomic E-state index is -3.59. The van der Waals surface area contributed by atoms with Crippen molar-refractivity contribution >= 4 is 21.8 Å². The van der Waals surface area contributed by atoms with Gasteiger partial charge in [0.05, 0.1) is 11.7 Å². The number of aryl methyl sites for hydroxylation is 1. The number of carbonyl (C=O) groups excluding carboxylic acids is 1. The van der Waals surface area contributed by atoms with Gasteiger partial charge in [0.1, 0.15) is 0 Å². The monoisotopic (exact) mass is 437 g/mol. The molecular weight excluding hydrogens is 410 g/mol. The highest BCUT2D eigenvalue weighted by atomic mass is 32.2. The second-order valence-corrected chi connectivity index (χ2v) is 9.65. The summed E-state index contributed by atoms with van der Waals surface area (Å²) in [6.45, 7) is 2.02. The van der Waals surface area contributed by atoms with Crippen molar-refractivity contribution in [2.75, 3.05) is 25.4 Å². The number of nitrogens with one attached hydrogen (secondary N) is 1. The molecule has 0 heterocycles. The van der Waals surface area contributed by atoms with Crippen LogP contribution in [0.25, 0.3) is 0 Å². The van der Waals surface area contributed by atoms with E-state index in [0.29, 0.717) is 11.3 Å². The maximum atomic E-state index is 13.0. The van der Waals surface area contributed by atoms with E-state index in [1.54, 1.807) is 24.3 Å². The maximum Gasteiger partial charge on any atom is 0.303 e. The first-order valence-corrected chi connectivity index (χ1v) is 11.3. The standard InChI is InChI=1S/C24H27N3O3S/c1-18-10-8-9-13-22(18)23(19-11-6-5-7-12-19)25-24(28)20-14-16-21(17-15-20)27(4)31(29,30)26(2)3/h5-17,23H,1-4H3,(H,25,28). The Kier molecular flexibility index (Phi) is 6.77. The largest absolute Gasteiger partial charge is 0.341 e. The Hall–Kier alpha value is -3.16. The van der Waals surface area contributed by atoms with Gasteiger partial charge in [-0.2, -0.15) is 12.7 Å². The molecule has 1 amide bonds. The van der Waals surface area contributed by atoms with Gasteiger partial charge in [0, 0.05) is 26.7 Å². The van der Waals surface area contributed by atoms with Crippen LogP contribution in [0.5, 0.6) is 0 Å². The number of amides is 1. The van der Waals surface area contributed by atoms with E-state index in [9.17, 15) is 13.2 Å². The third-order valence-electron chi connectivity index (χ3n) is 5.21. The molecule has 0 aliphatic carbocycles. The fourth-order valence-electron chi connectivity index (χ4n) is 3.31. The molecule has 31 heavy (non-hydrogen) atoms. The van der Waals surface area contributed by atoms with E-state index >= 15 is 0 Å². The van der Waals surface area contributed by atoms with Crippen molar-refractivity contribution < 1.29 is 13.2 Å². The van der Waals surface area contributed by atoms with Crippen molar-refractivity contribution in [2.45, 2.75) is 13.0 Å². The van der Waals surface area contributed by atoms with Gasteiger partial charge < -0.3 is 5.32 Å². The van der Waals surface area contributed by atoms with Crippen LogP contribution in [0.2, 0.25) is 0 Å². The van der Waals surface area contributed by atoms with Crippen molar-refractivity contribution in [1.29, 1.82) is 0 Å². The van der Waals surface area contributed by atoms with Crippen LogP contribution in [0.1, 0.15) is 33.1 Å². The average Bonchev–Trinajstić information content (AvgIpc) is 2.78. The van der Waals surface area contributed by atoms with E-state index in [1.165, 1.54) is 25.4 Å². The SMILES string of the molecule is Cc1ccccc1C(NC(=O)c1ccc(N(C)S(=O)(=O)N(C)C)cc1)c1ccccc1. The fourth-order valence-corrected chi connectivity index (χ4v) is 4.19. The predicted octanol–water partition coefficient (Wildman–Crippen LogP) is 3.76. The molecule has 3 aromatic carbocycles. The van der Waals surface area contributed by atoms with Crippen molar-refractivity contribution in [3.63, 3.8) is 0 Å². The Morgan fingerprint density at radius 1 is 0.839 bits per heavy atom. The van der Waals surface area contributed by atoms with Crippen LogP contribution in [0.4, 0.5) is 5.69 Å². The summed E-state index contributed by atoms with van der Waals surface area (Å²) in [4.78, 5) is 13.0. The average molecular weight is 438 g/mol. The Bertz CT molecular complexity index is 1140. The first-order chi connectivity index (χ1) is 14.7. The molecule has 0 bridgehead atoms. The highest BCUT2D eigenvalue weighted by Gasteiger charge is 2.22. The molecule has 0 spiro atoms. The van der Waals surface area contributed by atoms with Crippen molar-refractivity contribution in [3.8, 4) is 0 Å². The molecule has 0 saturated heterocycles. The third-order valence-corrected chi connectivity index (χ3v) is 7.03. The van der Waals surface area contributed by atoms with E-state index in [1.807, 2.05) is 61.5 Å². The molecule has 1 atom stereocenters. The first kappa shape index (κ1) is 22.5. The summed E-state index contributed by atoms with van der Waals surface area (Å²) in [5.74, 6) is -0.234. The third kappa shape index (κ3) is 4.95. The maximum absolute atomic E-state index is 13.0. The lowest BCUT2D eigenvalue weighted by molar-refractivity contribution is 0.0943. The van der Waals surface area contributed by atoms with E-state index in [2.05, 4.69) is 5.32 Å². The zero-order chi connectivity index (χ0) is 22.6. The summed E-state index contributed by atoms with van der Waals surface area (Å²) in [6, 6.07) is 24.0. The minimum Gasteiger partial charge on any atom is -0.341 e. The van der Waals surface area contributed by atoms with E-state index < -0.39 is 10.2 Å². The van der Waals surface area contributed by atoms with Crippen LogP contribution < -0.4 is 9.62 Å². The topological polar surface area (TPSA) is 69.7 Å². The molecule has 1 unspecified atom stereocenters. The second-order valence-electron chi connectivity index (χ2n) is 7.48. The van der Waals surface area contributed by atoms with Crippen molar-refractivity contribution in [3.05, 3.63) is 101 Å². The summed E-state index contributed by atoms with van der Waals surface area (Å²) in [7, 11) is 0.838. The van der Waals surface area contributed by atoms with Crippen molar-refractivity contribution in [1.82, 2.24) is 9.62 Å². The molecule has 0 aliphatic rings. The van der Waals surface area contributed by atoms with Gasteiger partial charge in [0.2, 0.25) is 0 Å². The summed E-state index contributed by atoms with van der Waals surface area (Å²) in [6.07, 6.45) is 0. The number of hydrogen-bond donors (Lipinski definition) is 1. The molecule has 1 N–H and O–H groups in total. The number of carbonyl (C=O) groups is 1. The van der Waals surface area contributed by atoms with E-state index in [-0.39, 0.29) is 11.9 Å². The molecule has 6 nitrogen and oxygen atoms in total. The predicted molar refractivity (Wildman–Crippen MR) is 124 cm³/mol. The summed E-state index contributed by atoms with van der Waals surface area (Å²) >= 11 is 0. The van der Waals surface area contributed by atoms with Crippen LogP contribution in [0.3, 0.4) is 0 Å². The molecule has 0 radical (unpaired) electrons. The number of hydrogen-bond acceptors (Lipinski definition) is 3. The molecule has 7 heteroatoms. The molecule has 0 saturated carbocycles. The molecule has 0 aromatic heterocycles. The van der Waals surface area contributed by atoms with Gasteiger partial charge in [-0.15, -0.1) is 0 Å². The van der Waals surface area contributed by atoms with Crippen LogP contribution in [0, 0.1) is 6.92 Å². The van der Waals surface area contributed by atoms with Crippen LogP contribution in [-0.2, 0) is 10.2 Å². The number of benzene rings is 3. The van der Waals surface area contributed by atoms with E-state index in [0.717, 1.165) is 21.0 Å². The fraction of sp³-hybridized carbons (Fsp3) is 0.208. The zero-order valence-electron chi connectivity index (χ0n) is 18.1. The Labute approximate surface area is 184 Å². The van der Waals surface area contributed by atoms with Crippen molar-refractivity contribution in [2.24, 2.45) is 0 Å². The smallest absolute Gasteiger partial charge is 0.303 e. The lowest BCUT2D eigenvalue weighted by Crippen LogP contribution is -2.37. The van der Waals surface area contributed by atoms with Gasteiger partial charge in [-0.1, -0.05) is 54.6 Å². The Balaban J connectivity index is 1.87.